The van der Waals surface area contributed by atoms with Gasteiger partial charge in [0.25, 0.3) is 0 Å². The highest BCUT2D eigenvalue weighted by molar-refractivity contribution is 5.76. The van der Waals surface area contributed by atoms with Gasteiger partial charge in [0.2, 0.25) is 0 Å². The van der Waals surface area contributed by atoms with Crippen LogP contribution in [0.3, 0.4) is 0 Å². The summed E-state index contributed by atoms with van der Waals surface area (Å²) in [6.45, 7) is 0. The van der Waals surface area contributed by atoms with Crippen molar-refractivity contribution in [2.75, 3.05) is 7.11 Å². The number of benzene rings is 1. The summed E-state index contributed by atoms with van der Waals surface area (Å²) in [6.07, 6.45) is 4.17. The fourth-order valence-electron chi connectivity index (χ4n) is 2.06. The molecule has 86 valence electrons. The fourth-order valence-corrected chi connectivity index (χ4v) is 2.06. The molecule has 1 aromatic rings. The Balaban J connectivity index is 2.05. The first-order valence-corrected chi connectivity index (χ1v) is 5.66. The van der Waals surface area contributed by atoms with Crippen molar-refractivity contribution in [3.8, 4) is 11.5 Å². The van der Waals surface area contributed by atoms with Crippen LogP contribution in [0.2, 0.25) is 0 Å². The van der Waals surface area contributed by atoms with E-state index in [-0.39, 0.29) is 11.9 Å². The number of ether oxygens (including phenoxy) is 2. The Morgan fingerprint density at radius 1 is 1.19 bits per heavy atom. The molecule has 2 rings (SSSR count). The predicted molar refractivity (Wildman–Crippen MR) is 60.6 cm³/mol. The van der Waals surface area contributed by atoms with E-state index in [1.54, 1.807) is 19.2 Å². The Labute approximate surface area is 95.4 Å². The zero-order valence-corrected chi connectivity index (χ0v) is 9.44. The molecular weight excluding hydrogens is 204 g/mol. The molecule has 1 aliphatic carbocycles. The number of hydrogen-bond acceptors (Lipinski definition) is 3. The minimum absolute atomic E-state index is 0.0740. The van der Waals surface area contributed by atoms with Crippen molar-refractivity contribution >= 4 is 5.97 Å². The fraction of sp³-hybridized carbons (Fsp3) is 0.462. The average Bonchev–Trinajstić information content (AvgIpc) is 2.83. The van der Waals surface area contributed by atoms with Crippen molar-refractivity contribution < 1.29 is 14.3 Å². The van der Waals surface area contributed by atoms with E-state index in [4.69, 9.17) is 9.47 Å². The number of carbonyl (C=O) groups excluding carboxylic acids is 1. The highest BCUT2D eigenvalue weighted by Crippen LogP contribution is 2.30. The molecule has 0 radical (unpaired) electrons. The molecule has 0 unspecified atom stereocenters. The minimum Gasteiger partial charge on any atom is -0.493 e. The number of rotatable bonds is 3. The summed E-state index contributed by atoms with van der Waals surface area (Å²) in [4.78, 5) is 11.8. The third kappa shape index (κ3) is 2.35. The molecule has 3 heteroatoms. The van der Waals surface area contributed by atoms with Crippen molar-refractivity contribution in [1.82, 2.24) is 0 Å². The Kier molecular flexibility index (Phi) is 3.44. The van der Waals surface area contributed by atoms with Gasteiger partial charge in [-0.25, -0.2) is 0 Å². The molecule has 0 bridgehead atoms. The van der Waals surface area contributed by atoms with Crippen molar-refractivity contribution in [1.29, 1.82) is 0 Å². The van der Waals surface area contributed by atoms with E-state index in [9.17, 15) is 4.79 Å². The van der Waals surface area contributed by atoms with Gasteiger partial charge >= 0.3 is 5.97 Å². The quantitative estimate of drug-likeness (QED) is 0.580. The molecule has 1 aromatic carbocycles. The zero-order chi connectivity index (χ0) is 11.4. The van der Waals surface area contributed by atoms with E-state index >= 15 is 0 Å². The first-order chi connectivity index (χ1) is 7.81. The third-order valence-electron chi connectivity index (χ3n) is 2.97. The molecule has 0 heterocycles. The number of methoxy groups -OCH3 is 1. The van der Waals surface area contributed by atoms with Gasteiger partial charge in [-0.05, 0) is 25.0 Å². The number of esters is 1. The van der Waals surface area contributed by atoms with Crippen molar-refractivity contribution in [2.45, 2.75) is 25.7 Å². The van der Waals surface area contributed by atoms with E-state index in [2.05, 4.69) is 0 Å². The molecule has 0 N–H and O–H groups in total. The van der Waals surface area contributed by atoms with E-state index < -0.39 is 0 Å². The van der Waals surface area contributed by atoms with Crippen LogP contribution in [-0.4, -0.2) is 13.1 Å². The van der Waals surface area contributed by atoms with Gasteiger partial charge in [-0.3, -0.25) is 4.79 Å². The van der Waals surface area contributed by atoms with Crippen LogP contribution in [0.5, 0.6) is 11.5 Å². The van der Waals surface area contributed by atoms with Crippen LogP contribution in [0, 0.1) is 5.92 Å². The number of hydrogen-bond donors (Lipinski definition) is 0. The molecule has 1 saturated carbocycles. The lowest BCUT2D eigenvalue weighted by atomic mass is 10.1. The van der Waals surface area contributed by atoms with Crippen LogP contribution in [0.4, 0.5) is 0 Å². The van der Waals surface area contributed by atoms with E-state index in [1.807, 2.05) is 12.1 Å². The molecule has 0 aromatic heterocycles. The second kappa shape index (κ2) is 5.01. The van der Waals surface area contributed by atoms with Gasteiger partial charge in [0, 0.05) is 0 Å². The van der Waals surface area contributed by atoms with Gasteiger partial charge in [-0.1, -0.05) is 25.0 Å². The van der Waals surface area contributed by atoms with Gasteiger partial charge in [0.1, 0.15) is 0 Å². The van der Waals surface area contributed by atoms with Gasteiger partial charge in [-0.2, -0.15) is 0 Å². The molecule has 0 atom stereocenters. The average molecular weight is 220 g/mol. The Morgan fingerprint density at radius 3 is 2.44 bits per heavy atom. The largest absolute Gasteiger partial charge is 0.493 e. The summed E-state index contributed by atoms with van der Waals surface area (Å²) in [7, 11) is 1.57. The molecule has 0 aliphatic heterocycles. The van der Waals surface area contributed by atoms with Gasteiger partial charge in [0.15, 0.2) is 11.5 Å². The lowest BCUT2D eigenvalue weighted by Crippen LogP contribution is -2.17. The highest BCUT2D eigenvalue weighted by atomic mass is 16.6. The summed E-state index contributed by atoms with van der Waals surface area (Å²) in [5.41, 5.74) is 0. The van der Waals surface area contributed by atoms with Crippen LogP contribution >= 0.6 is 0 Å². The van der Waals surface area contributed by atoms with Crippen LogP contribution in [0.25, 0.3) is 0 Å². The Bertz CT molecular complexity index is 367. The summed E-state index contributed by atoms with van der Waals surface area (Å²) < 4.78 is 10.5. The first-order valence-electron chi connectivity index (χ1n) is 5.66. The molecule has 1 aliphatic rings. The van der Waals surface area contributed by atoms with Crippen LogP contribution in [0.15, 0.2) is 24.3 Å². The third-order valence-corrected chi connectivity index (χ3v) is 2.97. The summed E-state index contributed by atoms with van der Waals surface area (Å²) in [5.74, 6) is 1.07. The molecular formula is C13H16O3. The van der Waals surface area contributed by atoms with Crippen molar-refractivity contribution in [2.24, 2.45) is 5.92 Å². The monoisotopic (exact) mass is 220 g/mol. The van der Waals surface area contributed by atoms with Crippen molar-refractivity contribution in [3.63, 3.8) is 0 Å². The van der Waals surface area contributed by atoms with Crippen LogP contribution in [-0.2, 0) is 4.79 Å². The summed E-state index contributed by atoms with van der Waals surface area (Å²) in [6, 6.07) is 7.23. The summed E-state index contributed by atoms with van der Waals surface area (Å²) in [5, 5.41) is 0. The SMILES string of the molecule is COc1ccccc1OC(=O)C1CCCC1. The second-order valence-electron chi connectivity index (χ2n) is 4.05. The number of carbonyl (C=O) groups is 1. The topological polar surface area (TPSA) is 35.5 Å². The van der Waals surface area contributed by atoms with Gasteiger partial charge in [0.05, 0.1) is 13.0 Å². The van der Waals surface area contributed by atoms with Crippen LogP contribution in [0.1, 0.15) is 25.7 Å². The Morgan fingerprint density at radius 2 is 1.81 bits per heavy atom. The van der Waals surface area contributed by atoms with E-state index in [0.717, 1.165) is 25.7 Å². The highest BCUT2D eigenvalue weighted by Gasteiger charge is 2.25. The minimum atomic E-state index is -0.123. The maximum atomic E-state index is 11.8. The number of para-hydroxylation sites is 2. The zero-order valence-electron chi connectivity index (χ0n) is 9.44. The normalized spacial score (nSPS) is 16.1. The van der Waals surface area contributed by atoms with Crippen molar-refractivity contribution in [3.05, 3.63) is 24.3 Å². The van der Waals surface area contributed by atoms with Gasteiger partial charge < -0.3 is 9.47 Å². The molecule has 0 saturated heterocycles. The molecule has 1 fully saturated rings. The lowest BCUT2D eigenvalue weighted by molar-refractivity contribution is -0.138. The predicted octanol–water partition coefficient (Wildman–Crippen LogP) is 2.79. The second-order valence-corrected chi connectivity index (χ2v) is 4.05. The standard InChI is InChI=1S/C13H16O3/c1-15-11-8-4-5-9-12(11)16-13(14)10-6-2-3-7-10/h4-5,8-10H,2-3,6-7H2,1H3. The molecule has 16 heavy (non-hydrogen) atoms. The summed E-state index contributed by atoms with van der Waals surface area (Å²) >= 11 is 0. The Hall–Kier alpha value is -1.51. The van der Waals surface area contributed by atoms with E-state index in [1.165, 1.54) is 0 Å². The molecule has 3 nitrogen and oxygen atoms in total. The van der Waals surface area contributed by atoms with Gasteiger partial charge in [-0.15, -0.1) is 0 Å². The maximum Gasteiger partial charge on any atom is 0.314 e. The first kappa shape index (κ1) is 11.0. The lowest BCUT2D eigenvalue weighted by Gasteiger charge is -2.11. The van der Waals surface area contributed by atoms with E-state index in [0.29, 0.717) is 11.5 Å². The molecule has 0 spiro atoms. The van der Waals surface area contributed by atoms with Crippen LogP contribution < -0.4 is 9.47 Å². The smallest absolute Gasteiger partial charge is 0.314 e. The maximum absolute atomic E-state index is 11.8. The molecule has 0 amide bonds.